The van der Waals surface area contributed by atoms with E-state index < -0.39 is 17.9 Å². The SMILES string of the molecule is CCCC(NC(=O)c1sc2nc[nH]c(=O)c2c1C)C(=O)O. The number of carboxylic acid groups (broad SMARTS) is 1. The molecule has 112 valence electrons. The van der Waals surface area contributed by atoms with Crippen LogP contribution in [-0.2, 0) is 4.79 Å². The third-order valence-corrected chi connectivity index (χ3v) is 4.32. The molecule has 3 N–H and O–H groups in total. The zero-order chi connectivity index (χ0) is 15.6. The van der Waals surface area contributed by atoms with Gasteiger partial charge in [0, 0.05) is 0 Å². The zero-order valence-corrected chi connectivity index (χ0v) is 12.4. The van der Waals surface area contributed by atoms with Gasteiger partial charge in [0.25, 0.3) is 11.5 Å². The summed E-state index contributed by atoms with van der Waals surface area (Å²) in [6, 6.07) is -0.932. The van der Waals surface area contributed by atoms with E-state index in [9.17, 15) is 14.4 Å². The van der Waals surface area contributed by atoms with Gasteiger partial charge in [-0.05, 0) is 18.9 Å². The van der Waals surface area contributed by atoms with E-state index in [4.69, 9.17) is 5.11 Å². The molecule has 0 aromatic carbocycles. The molecule has 2 heterocycles. The van der Waals surface area contributed by atoms with Gasteiger partial charge in [-0.25, -0.2) is 9.78 Å². The fourth-order valence-electron chi connectivity index (χ4n) is 2.06. The lowest BCUT2D eigenvalue weighted by Crippen LogP contribution is -2.40. The van der Waals surface area contributed by atoms with Crippen LogP contribution < -0.4 is 10.9 Å². The van der Waals surface area contributed by atoms with Crippen LogP contribution in [0.2, 0.25) is 0 Å². The fraction of sp³-hybridized carbons (Fsp3) is 0.385. The Morgan fingerprint density at radius 2 is 2.24 bits per heavy atom. The minimum atomic E-state index is -1.07. The van der Waals surface area contributed by atoms with Crippen LogP contribution in [0.4, 0.5) is 0 Å². The number of amides is 1. The Labute approximate surface area is 124 Å². The predicted molar refractivity (Wildman–Crippen MR) is 78.8 cm³/mol. The highest BCUT2D eigenvalue weighted by atomic mass is 32.1. The molecule has 0 fully saturated rings. The van der Waals surface area contributed by atoms with E-state index in [0.717, 1.165) is 11.3 Å². The Morgan fingerprint density at radius 3 is 2.81 bits per heavy atom. The third kappa shape index (κ3) is 2.94. The van der Waals surface area contributed by atoms with Crippen LogP contribution in [-0.4, -0.2) is 33.0 Å². The van der Waals surface area contributed by atoms with Crippen LogP contribution in [0, 0.1) is 6.92 Å². The number of carbonyl (C=O) groups is 2. The first kappa shape index (κ1) is 15.2. The molecule has 0 aliphatic carbocycles. The summed E-state index contributed by atoms with van der Waals surface area (Å²) in [4.78, 5) is 42.3. The average Bonchev–Trinajstić information content (AvgIpc) is 2.77. The average molecular weight is 309 g/mol. The number of hydrogen-bond acceptors (Lipinski definition) is 5. The highest BCUT2D eigenvalue weighted by Crippen LogP contribution is 2.26. The number of aryl methyl sites for hydroxylation is 1. The van der Waals surface area contributed by atoms with E-state index >= 15 is 0 Å². The summed E-state index contributed by atoms with van der Waals surface area (Å²) in [5.74, 6) is -1.56. The highest BCUT2D eigenvalue weighted by molar-refractivity contribution is 7.20. The molecule has 0 spiro atoms. The Kier molecular flexibility index (Phi) is 4.37. The van der Waals surface area contributed by atoms with Gasteiger partial charge in [0.15, 0.2) is 0 Å². The van der Waals surface area contributed by atoms with Crippen molar-refractivity contribution in [3.63, 3.8) is 0 Å². The van der Waals surface area contributed by atoms with Crippen molar-refractivity contribution >= 4 is 33.4 Å². The second-order valence-electron chi connectivity index (χ2n) is 4.62. The van der Waals surface area contributed by atoms with Crippen molar-refractivity contribution in [1.29, 1.82) is 0 Å². The minimum Gasteiger partial charge on any atom is -0.480 e. The molecule has 1 atom stereocenters. The monoisotopic (exact) mass is 309 g/mol. The van der Waals surface area contributed by atoms with E-state index in [1.54, 1.807) is 6.92 Å². The number of aromatic nitrogens is 2. The Balaban J connectivity index is 2.36. The molecule has 8 heteroatoms. The van der Waals surface area contributed by atoms with E-state index in [-0.39, 0.29) is 5.56 Å². The zero-order valence-electron chi connectivity index (χ0n) is 11.6. The van der Waals surface area contributed by atoms with Gasteiger partial charge in [-0.15, -0.1) is 11.3 Å². The molecule has 2 aromatic rings. The Hall–Kier alpha value is -2.22. The lowest BCUT2D eigenvalue weighted by molar-refractivity contribution is -0.139. The lowest BCUT2D eigenvalue weighted by Gasteiger charge is -2.12. The maximum atomic E-state index is 12.2. The van der Waals surface area contributed by atoms with Gasteiger partial charge in [-0.2, -0.15) is 0 Å². The normalized spacial score (nSPS) is 12.3. The van der Waals surface area contributed by atoms with Gasteiger partial charge in [0.1, 0.15) is 10.9 Å². The van der Waals surface area contributed by atoms with E-state index in [1.165, 1.54) is 6.33 Å². The number of H-pyrrole nitrogens is 1. The molecule has 7 nitrogen and oxygen atoms in total. The van der Waals surface area contributed by atoms with Gasteiger partial charge in [-0.3, -0.25) is 9.59 Å². The largest absolute Gasteiger partial charge is 0.480 e. The summed E-state index contributed by atoms with van der Waals surface area (Å²) in [5, 5.41) is 11.9. The topological polar surface area (TPSA) is 112 Å². The number of hydrogen-bond donors (Lipinski definition) is 3. The quantitative estimate of drug-likeness (QED) is 0.770. The molecular formula is C13H15N3O4S. The molecule has 0 aliphatic heterocycles. The summed E-state index contributed by atoms with van der Waals surface area (Å²) in [7, 11) is 0. The molecule has 0 saturated heterocycles. The second-order valence-corrected chi connectivity index (χ2v) is 5.62. The number of nitrogens with zero attached hydrogens (tertiary/aromatic N) is 1. The number of nitrogens with one attached hydrogen (secondary N) is 2. The number of thiophene rings is 1. The van der Waals surface area contributed by atoms with Crippen LogP contribution in [0.5, 0.6) is 0 Å². The Bertz CT molecular complexity index is 749. The molecule has 1 amide bonds. The predicted octanol–water partition coefficient (Wildman–Crippen LogP) is 1.28. The Morgan fingerprint density at radius 1 is 1.52 bits per heavy atom. The number of aliphatic carboxylic acids is 1. The molecule has 1 unspecified atom stereocenters. The van der Waals surface area contributed by atoms with E-state index in [0.29, 0.717) is 33.5 Å². The highest BCUT2D eigenvalue weighted by Gasteiger charge is 2.23. The number of carboxylic acids is 1. The van der Waals surface area contributed by atoms with Crippen LogP contribution in [0.1, 0.15) is 35.0 Å². The van der Waals surface area contributed by atoms with Gasteiger partial charge in [0.05, 0.1) is 16.6 Å². The maximum Gasteiger partial charge on any atom is 0.326 e. The first-order chi connectivity index (χ1) is 9.95. The summed E-state index contributed by atoms with van der Waals surface area (Å²) < 4.78 is 0. The molecule has 2 aromatic heterocycles. The third-order valence-electron chi connectivity index (χ3n) is 3.12. The summed E-state index contributed by atoms with van der Waals surface area (Å²) in [6.45, 7) is 3.50. The van der Waals surface area contributed by atoms with Crippen molar-refractivity contribution in [2.75, 3.05) is 0 Å². The van der Waals surface area contributed by atoms with Gasteiger partial charge in [-0.1, -0.05) is 13.3 Å². The number of rotatable bonds is 5. The number of aromatic amines is 1. The number of carbonyl (C=O) groups excluding carboxylic acids is 1. The van der Waals surface area contributed by atoms with Crippen molar-refractivity contribution in [2.24, 2.45) is 0 Å². The first-order valence-corrected chi connectivity index (χ1v) is 7.27. The smallest absolute Gasteiger partial charge is 0.326 e. The molecular weight excluding hydrogens is 294 g/mol. The van der Waals surface area contributed by atoms with Crippen molar-refractivity contribution in [3.8, 4) is 0 Å². The van der Waals surface area contributed by atoms with Crippen molar-refractivity contribution in [2.45, 2.75) is 32.7 Å². The molecule has 0 saturated carbocycles. The number of fused-ring (bicyclic) bond motifs is 1. The first-order valence-electron chi connectivity index (χ1n) is 6.46. The summed E-state index contributed by atoms with van der Waals surface area (Å²) >= 11 is 1.08. The van der Waals surface area contributed by atoms with E-state index in [2.05, 4.69) is 15.3 Å². The van der Waals surface area contributed by atoms with Crippen molar-refractivity contribution in [1.82, 2.24) is 15.3 Å². The van der Waals surface area contributed by atoms with Crippen molar-refractivity contribution in [3.05, 3.63) is 27.1 Å². The molecule has 0 aliphatic rings. The van der Waals surface area contributed by atoms with Crippen LogP contribution in [0.25, 0.3) is 10.2 Å². The maximum absolute atomic E-state index is 12.2. The van der Waals surface area contributed by atoms with Gasteiger partial charge in [0.2, 0.25) is 0 Å². The second kappa shape index (κ2) is 6.04. The molecule has 2 rings (SSSR count). The summed E-state index contributed by atoms with van der Waals surface area (Å²) in [6.07, 6.45) is 2.27. The van der Waals surface area contributed by atoms with Crippen LogP contribution in [0.15, 0.2) is 11.1 Å². The van der Waals surface area contributed by atoms with Crippen LogP contribution in [0.3, 0.4) is 0 Å². The van der Waals surface area contributed by atoms with Crippen molar-refractivity contribution < 1.29 is 14.7 Å². The fourth-order valence-corrected chi connectivity index (χ4v) is 3.12. The van der Waals surface area contributed by atoms with E-state index in [1.807, 2.05) is 6.92 Å². The molecule has 0 radical (unpaired) electrons. The van der Waals surface area contributed by atoms with Gasteiger partial charge >= 0.3 is 5.97 Å². The molecule has 21 heavy (non-hydrogen) atoms. The lowest BCUT2D eigenvalue weighted by atomic mass is 10.1. The van der Waals surface area contributed by atoms with Gasteiger partial charge < -0.3 is 15.4 Å². The summed E-state index contributed by atoms with van der Waals surface area (Å²) in [5.41, 5.74) is 0.207. The molecule has 0 bridgehead atoms. The van der Waals surface area contributed by atoms with Crippen LogP contribution >= 0.6 is 11.3 Å². The minimum absolute atomic E-state index is 0.309. The standard InChI is InChI=1S/C13H15N3O4S/c1-3-4-7(13(19)20)16-11(18)9-6(2)8-10(17)14-5-15-12(8)21-9/h5,7H,3-4H2,1-2H3,(H,16,18)(H,19,20)(H,14,15,17).